The molecule has 15 heavy (non-hydrogen) atoms. The predicted octanol–water partition coefficient (Wildman–Crippen LogP) is 1.99. The smallest absolute Gasteiger partial charge is 0.205 e. The minimum atomic E-state index is -0.0512. The summed E-state index contributed by atoms with van der Waals surface area (Å²) in [6.07, 6.45) is 4.38. The molecule has 0 atom stereocenters. The standard InChI is InChI=1S/C11H12N2O2/c1-2-8-3-4-10(15-8)9(14)7-11-12-5-6-13-11/h3-6H,2,7H2,1H3,(H,12,13). The van der Waals surface area contributed by atoms with E-state index in [1.54, 1.807) is 18.5 Å². The van der Waals surface area contributed by atoms with Gasteiger partial charge in [0.05, 0.1) is 6.42 Å². The van der Waals surface area contributed by atoms with E-state index in [0.29, 0.717) is 11.6 Å². The Balaban J connectivity index is 2.08. The number of rotatable bonds is 4. The first-order valence-electron chi connectivity index (χ1n) is 4.89. The molecule has 0 unspecified atom stereocenters. The number of carbonyl (C=O) groups is 1. The van der Waals surface area contributed by atoms with Gasteiger partial charge >= 0.3 is 0 Å². The van der Waals surface area contributed by atoms with Gasteiger partial charge in [-0.1, -0.05) is 6.92 Å². The second kappa shape index (κ2) is 4.13. The van der Waals surface area contributed by atoms with Crippen LogP contribution >= 0.6 is 0 Å². The Morgan fingerprint density at radius 3 is 3.00 bits per heavy atom. The van der Waals surface area contributed by atoms with E-state index in [4.69, 9.17) is 4.42 Å². The van der Waals surface area contributed by atoms with Crippen molar-refractivity contribution in [3.8, 4) is 0 Å². The topological polar surface area (TPSA) is 58.9 Å². The molecule has 0 aliphatic heterocycles. The van der Waals surface area contributed by atoms with Gasteiger partial charge < -0.3 is 9.40 Å². The molecule has 0 aromatic carbocycles. The molecule has 0 radical (unpaired) electrons. The molecule has 0 spiro atoms. The summed E-state index contributed by atoms with van der Waals surface area (Å²) in [6, 6.07) is 3.54. The van der Waals surface area contributed by atoms with Gasteiger partial charge in [-0.25, -0.2) is 4.98 Å². The maximum Gasteiger partial charge on any atom is 0.205 e. The molecular formula is C11H12N2O2. The molecule has 0 aliphatic rings. The lowest BCUT2D eigenvalue weighted by atomic mass is 10.2. The van der Waals surface area contributed by atoms with Crippen LogP contribution in [0.3, 0.4) is 0 Å². The minimum Gasteiger partial charge on any atom is -0.458 e. The molecule has 2 rings (SSSR count). The van der Waals surface area contributed by atoms with Crippen LogP contribution in [-0.2, 0) is 12.8 Å². The molecule has 0 saturated heterocycles. The first-order valence-corrected chi connectivity index (χ1v) is 4.89. The van der Waals surface area contributed by atoms with E-state index >= 15 is 0 Å². The van der Waals surface area contributed by atoms with Gasteiger partial charge in [0.25, 0.3) is 0 Å². The summed E-state index contributed by atoms with van der Waals surface area (Å²) in [5, 5.41) is 0. The van der Waals surface area contributed by atoms with Crippen LogP contribution in [0.4, 0.5) is 0 Å². The molecule has 1 N–H and O–H groups in total. The average molecular weight is 204 g/mol. The third kappa shape index (κ3) is 2.15. The predicted molar refractivity (Wildman–Crippen MR) is 54.7 cm³/mol. The summed E-state index contributed by atoms with van der Waals surface area (Å²) < 4.78 is 5.35. The Hall–Kier alpha value is -1.84. The summed E-state index contributed by atoms with van der Waals surface area (Å²) in [4.78, 5) is 18.6. The number of H-pyrrole nitrogens is 1. The number of imidazole rings is 1. The molecule has 0 bridgehead atoms. The van der Waals surface area contributed by atoms with Crippen LogP contribution in [0, 0.1) is 0 Å². The van der Waals surface area contributed by atoms with Crippen LogP contribution in [0.2, 0.25) is 0 Å². The van der Waals surface area contributed by atoms with Crippen molar-refractivity contribution in [1.29, 1.82) is 0 Å². The zero-order valence-corrected chi connectivity index (χ0v) is 8.49. The third-order valence-electron chi connectivity index (χ3n) is 2.17. The number of aromatic amines is 1. The van der Waals surface area contributed by atoms with Gasteiger partial charge in [-0.2, -0.15) is 0 Å². The van der Waals surface area contributed by atoms with Gasteiger partial charge in [-0.3, -0.25) is 4.79 Å². The lowest BCUT2D eigenvalue weighted by molar-refractivity contribution is 0.0963. The molecule has 0 saturated carbocycles. The summed E-state index contributed by atoms with van der Waals surface area (Å²) in [6.45, 7) is 1.99. The number of carbonyl (C=O) groups excluding carboxylic acids is 1. The van der Waals surface area contributed by atoms with Gasteiger partial charge in [-0.05, 0) is 12.1 Å². The van der Waals surface area contributed by atoms with Crippen LogP contribution < -0.4 is 0 Å². The molecule has 0 fully saturated rings. The van der Waals surface area contributed by atoms with Crippen molar-refractivity contribution in [2.45, 2.75) is 19.8 Å². The largest absolute Gasteiger partial charge is 0.458 e. The molecule has 4 heteroatoms. The quantitative estimate of drug-likeness (QED) is 0.775. The number of hydrogen-bond donors (Lipinski definition) is 1. The van der Waals surface area contributed by atoms with Crippen molar-refractivity contribution >= 4 is 5.78 Å². The first kappa shape index (κ1) is 9.71. The molecular weight excluding hydrogens is 192 g/mol. The SMILES string of the molecule is CCc1ccc(C(=O)Cc2ncc[nH]2)o1. The van der Waals surface area contributed by atoms with Gasteiger partial charge in [0, 0.05) is 18.8 Å². The van der Waals surface area contributed by atoms with Gasteiger partial charge in [0.2, 0.25) is 5.78 Å². The number of hydrogen-bond acceptors (Lipinski definition) is 3. The number of ketones is 1. The number of aryl methyl sites for hydroxylation is 1. The average Bonchev–Trinajstić information content (AvgIpc) is 2.86. The van der Waals surface area contributed by atoms with E-state index in [1.807, 2.05) is 13.0 Å². The second-order valence-electron chi connectivity index (χ2n) is 3.26. The highest BCUT2D eigenvalue weighted by atomic mass is 16.3. The Morgan fingerprint density at radius 1 is 1.53 bits per heavy atom. The van der Waals surface area contributed by atoms with E-state index in [1.165, 1.54) is 0 Å². The van der Waals surface area contributed by atoms with Crippen molar-refractivity contribution in [2.24, 2.45) is 0 Å². The maximum absolute atomic E-state index is 11.7. The van der Waals surface area contributed by atoms with Gasteiger partial charge in [0.1, 0.15) is 11.6 Å². The summed E-state index contributed by atoms with van der Waals surface area (Å²) in [5.41, 5.74) is 0. The minimum absolute atomic E-state index is 0.0512. The molecule has 4 nitrogen and oxygen atoms in total. The number of aromatic nitrogens is 2. The normalized spacial score (nSPS) is 10.5. The maximum atomic E-state index is 11.7. The van der Waals surface area contributed by atoms with E-state index < -0.39 is 0 Å². The van der Waals surface area contributed by atoms with E-state index in [-0.39, 0.29) is 12.2 Å². The fraction of sp³-hybridized carbons (Fsp3) is 0.273. The van der Waals surface area contributed by atoms with Crippen molar-refractivity contribution in [3.63, 3.8) is 0 Å². The highest BCUT2D eigenvalue weighted by Crippen LogP contribution is 2.10. The van der Waals surface area contributed by atoms with Crippen molar-refractivity contribution in [1.82, 2.24) is 9.97 Å². The van der Waals surface area contributed by atoms with Crippen LogP contribution in [-0.4, -0.2) is 15.8 Å². The van der Waals surface area contributed by atoms with Crippen LogP contribution in [0.1, 0.15) is 29.1 Å². The zero-order chi connectivity index (χ0) is 10.7. The number of nitrogens with one attached hydrogen (secondary N) is 1. The summed E-state index contributed by atoms with van der Waals surface area (Å²) >= 11 is 0. The van der Waals surface area contributed by atoms with Crippen LogP contribution in [0.5, 0.6) is 0 Å². The first-order chi connectivity index (χ1) is 7.29. The van der Waals surface area contributed by atoms with Crippen LogP contribution in [0.25, 0.3) is 0 Å². The Bertz CT molecular complexity index is 443. The fourth-order valence-corrected chi connectivity index (χ4v) is 1.35. The van der Waals surface area contributed by atoms with E-state index in [0.717, 1.165) is 12.2 Å². The Kier molecular flexibility index (Phi) is 2.67. The number of nitrogens with zero attached hydrogens (tertiary/aromatic N) is 1. The Morgan fingerprint density at radius 2 is 2.40 bits per heavy atom. The van der Waals surface area contributed by atoms with Gasteiger partial charge in [-0.15, -0.1) is 0 Å². The second-order valence-corrected chi connectivity index (χ2v) is 3.26. The summed E-state index contributed by atoms with van der Waals surface area (Å²) in [5.74, 6) is 1.85. The molecule has 78 valence electrons. The highest BCUT2D eigenvalue weighted by Gasteiger charge is 2.12. The molecule has 2 aromatic rings. The van der Waals surface area contributed by atoms with Crippen LogP contribution in [0.15, 0.2) is 28.9 Å². The van der Waals surface area contributed by atoms with Crippen molar-refractivity contribution < 1.29 is 9.21 Å². The fourth-order valence-electron chi connectivity index (χ4n) is 1.35. The molecule has 2 aromatic heterocycles. The van der Waals surface area contributed by atoms with E-state index in [2.05, 4.69) is 9.97 Å². The monoisotopic (exact) mass is 204 g/mol. The third-order valence-corrected chi connectivity index (χ3v) is 2.17. The highest BCUT2D eigenvalue weighted by molar-refractivity contribution is 5.94. The summed E-state index contributed by atoms with van der Waals surface area (Å²) in [7, 11) is 0. The lowest BCUT2D eigenvalue weighted by Crippen LogP contribution is -2.03. The number of furan rings is 1. The van der Waals surface area contributed by atoms with Crippen molar-refractivity contribution in [2.75, 3.05) is 0 Å². The number of Topliss-reactive ketones (excluding diaryl/α,β-unsaturated/α-hetero) is 1. The molecule has 0 aliphatic carbocycles. The molecule has 2 heterocycles. The van der Waals surface area contributed by atoms with Gasteiger partial charge in [0.15, 0.2) is 5.76 Å². The van der Waals surface area contributed by atoms with E-state index in [9.17, 15) is 4.79 Å². The molecule has 0 amide bonds. The van der Waals surface area contributed by atoms with Crippen molar-refractivity contribution in [3.05, 3.63) is 41.9 Å². The zero-order valence-electron chi connectivity index (χ0n) is 8.49. The Labute approximate surface area is 87.3 Å². The lowest BCUT2D eigenvalue weighted by Gasteiger charge is -1.94.